The Morgan fingerprint density at radius 1 is 1.22 bits per heavy atom. The van der Waals surface area contributed by atoms with E-state index >= 15 is 0 Å². The number of carboxylic acids is 1. The predicted molar refractivity (Wildman–Crippen MR) is 63.0 cm³/mol. The van der Waals surface area contributed by atoms with E-state index in [4.69, 9.17) is 5.11 Å². The van der Waals surface area contributed by atoms with Crippen molar-refractivity contribution in [3.63, 3.8) is 0 Å². The number of aliphatic carboxylic acids is 1. The summed E-state index contributed by atoms with van der Waals surface area (Å²) in [5.41, 5.74) is -1.51. The molecule has 1 unspecified atom stereocenters. The molecule has 5 N–H and O–H groups in total. The van der Waals surface area contributed by atoms with Gasteiger partial charge in [0.15, 0.2) is 0 Å². The molecule has 0 bridgehead atoms. The zero-order valence-corrected chi connectivity index (χ0v) is 10.4. The lowest BCUT2D eigenvalue weighted by Gasteiger charge is -2.21. The van der Waals surface area contributed by atoms with Gasteiger partial charge in [0, 0.05) is 26.6 Å². The van der Waals surface area contributed by atoms with Crippen LogP contribution in [0, 0.1) is 0 Å². The second-order valence-electron chi connectivity index (χ2n) is 4.10. The fourth-order valence-corrected chi connectivity index (χ4v) is 1.14. The summed E-state index contributed by atoms with van der Waals surface area (Å²) in [4.78, 5) is 32.5. The number of hydrogen-bond acceptors (Lipinski definition) is 4. The van der Waals surface area contributed by atoms with Gasteiger partial charge in [0.05, 0.1) is 12.0 Å². The van der Waals surface area contributed by atoms with E-state index < -0.39 is 24.0 Å². The largest absolute Gasteiger partial charge is 0.481 e. The molecule has 0 aromatic heterocycles. The maximum atomic E-state index is 11.2. The lowest BCUT2D eigenvalue weighted by molar-refractivity contribution is -0.141. The molecule has 0 saturated heterocycles. The summed E-state index contributed by atoms with van der Waals surface area (Å²) in [6.07, 6.45) is -0.318. The number of urea groups is 1. The molecule has 18 heavy (non-hydrogen) atoms. The minimum atomic E-state index is -1.51. The van der Waals surface area contributed by atoms with Crippen LogP contribution in [-0.2, 0) is 9.59 Å². The maximum Gasteiger partial charge on any atom is 0.314 e. The Labute approximate surface area is 105 Å². The predicted octanol–water partition coefficient (Wildman–Crippen LogP) is -1.35. The molecule has 0 aliphatic carbocycles. The van der Waals surface area contributed by atoms with Crippen molar-refractivity contribution in [3.05, 3.63) is 0 Å². The van der Waals surface area contributed by atoms with Crippen LogP contribution in [0.3, 0.4) is 0 Å². The van der Waals surface area contributed by atoms with Crippen LogP contribution in [-0.4, -0.2) is 53.9 Å². The number of carbonyl (C=O) groups excluding carboxylic acids is 2. The lowest BCUT2D eigenvalue weighted by atomic mass is 10.0. The number of hydrogen-bond donors (Lipinski definition) is 5. The molecule has 0 spiro atoms. The van der Waals surface area contributed by atoms with E-state index in [1.54, 1.807) is 0 Å². The number of carboxylic acid groups (broad SMARTS) is 1. The van der Waals surface area contributed by atoms with Gasteiger partial charge in [-0.05, 0) is 6.92 Å². The second-order valence-corrected chi connectivity index (χ2v) is 4.10. The van der Waals surface area contributed by atoms with Gasteiger partial charge in [0.1, 0.15) is 0 Å². The van der Waals surface area contributed by atoms with Gasteiger partial charge in [-0.15, -0.1) is 0 Å². The van der Waals surface area contributed by atoms with Crippen LogP contribution in [0.5, 0.6) is 0 Å². The first-order valence-electron chi connectivity index (χ1n) is 5.43. The Hall–Kier alpha value is -1.83. The van der Waals surface area contributed by atoms with Gasteiger partial charge in [-0.3, -0.25) is 9.59 Å². The van der Waals surface area contributed by atoms with Gasteiger partial charge in [-0.25, -0.2) is 4.79 Å². The maximum absolute atomic E-state index is 11.2. The molecule has 104 valence electrons. The Morgan fingerprint density at radius 2 is 1.83 bits per heavy atom. The smallest absolute Gasteiger partial charge is 0.314 e. The van der Waals surface area contributed by atoms with Gasteiger partial charge in [0.25, 0.3) is 0 Å². The average molecular weight is 261 g/mol. The summed E-state index contributed by atoms with van der Waals surface area (Å²) >= 11 is 0. The topological polar surface area (TPSA) is 128 Å². The van der Waals surface area contributed by atoms with Crippen LogP contribution >= 0.6 is 0 Å². The van der Waals surface area contributed by atoms with Crippen molar-refractivity contribution in [3.8, 4) is 0 Å². The molecule has 0 saturated carbocycles. The van der Waals surface area contributed by atoms with Crippen molar-refractivity contribution < 1.29 is 24.6 Å². The summed E-state index contributed by atoms with van der Waals surface area (Å²) in [5.74, 6) is -1.35. The normalized spacial score (nSPS) is 13.3. The highest BCUT2D eigenvalue weighted by Gasteiger charge is 2.24. The van der Waals surface area contributed by atoms with Crippen molar-refractivity contribution in [2.24, 2.45) is 0 Å². The third-order valence-corrected chi connectivity index (χ3v) is 2.08. The van der Waals surface area contributed by atoms with E-state index in [0.29, 0.717) is 0 Å². The Kier molecular flexibility index (Phi) is 6.73. The first kappa shape index (κ1) is 16.2. The van der Waals surface area contributed by atoms with Gasteiger partial charge < -0.3 is 26.2 Å². The van der Waals surface area contributed by atoms with Crippen LogP contribution in [0.1, 0.15) is 19.8 Å². The minimum absolute atomic E-state index is 0.148. The van der Waals surface area contributed by atoms with Gasteiger partial charge in [0.2, 0.25) is 5.91 Å². The van der Waals surface area contributed by atoms with E-state index in [-0.39, 0.29) is 25.4 Å². The molecule has 0 rings (SSSR count). The summed E-state index contributed by atoms with van der Waals surface area (Å²) in [5, 5.41) is 25.2. The van der Waals surface area contributed by atoms with Crippen molar-refractivity contribution in [1.29, 1.82) is 0 Å². The zero-order chi connectivity index (χ0) is 14.2. The molecule has 8 nitrogen and oxygen atoms in total. The summed E-state index contributed by atoms with van der Waals surface area (Å²) in [6.45, 7) is 1.28. The molecular weight excluding hydrogens is 242 g/mol. The first-order valence-corrected chi connectivity index (χ1v) is 5.43. The molecular formula is C10H19N3O5. The third-order valence-electron chi connectivity index (χ3n) is 2.08. The Morgan fingerprint density at radius 3 is 2.33 bits per heavy atom. The van der Waals surface area contributed by atoms with Crippen LogP contribution in [0.4, 0.5) is 4.79 Å². The average Bonchev–Trinajstić information content (AvgIpc) is 2.24. The van der Waals surface area contributed by atoms with Crippen LogP contribution in [0.2, 0.25) is 0 Å². The molecule has 0 radical (unpaired) electrons. The zero-order valence-electron chi connectivity index (χ0n) is 10.4. The summed E-state index contributed by atoms with van der Waals surface area (Å²) < 4.78 is 0. The Bertz CT molecular complexity index is 317. The number of rotatable bonds is 7. The van der Waals surface area contributed by atoms with Crippen molar-refractivity contribution in [2.75, 3.05) is 20.1 Å². The van der Waals surface area contributed by atoms with E-state index in [9.17, 15) is 19.5 Å². The molecule has 0 aromatic rings. The Balaban J connectivity index is 3.82. The highest BCUT2D eigenvalue weighted by atomic mass is 16.4. The van der Waals surface area contributed by atoms with Gasteiger partial charge >= 0.3 is 12.0 Å². The SMILES string of the molecule is CNC(=O)CCNC(=O)NCC(C)(O)CC(=O)O. The minimum Gasteiger partial charge on any atom is -0.481 e. The summed E-state index contributed by atoms with van der Waals surface area (Å²) in [7, 11) is 1.49. The lowest BCUT2D eigenvalue weighted by Crippen LogP contribution is -2.46. The standard InChI is InChI=1S/C10H19N3O5/c1-10(18,5-8(15)16)6-13-9(17)12-4-3-7(14)11-2/h18H,3-6H2,1-2H3,(H,11,14)(H,15,16)(H2,12,13,17). The molecule has 0 aliphatic heterocycles. The fourth-order valence-electron chi connectivity index (χ4n) is 1.14. The highest BCUT2D eigenvalue weighted by Crippen LogP contribution is 2.06. The number of aliphatic hydroxyl groups is 1. The monoisotopic (exact) mass is 261 g/mol. The van der Waals surface area contributed by atoms with Crippen LogP contribution in [0.25, 0.3) is 0 Å². The molecule has 0 aromatic carbocycles. The van der Waals surface area contributed by atoms with Gasteiger partial charge in [-0.1, -0.05) is 0 Å². The molecule has 1 atom stereocenters. The van der Waals surface area contributed by atoms with E-state index in [1.807, 2.05) is 0 Å². The molecule has 0 fully saturated rings. The van der Waals surface area contributed by atoms with Crippen LogP contribution < -0.4 is 16.0 Å². The van der Waals surface area contributed by atoms with Crippen molar-refractivity contribution in [2.45, 2.75) is 25.4 Å². The number of amides is 3. The van der Waals surface area contributed by atoms with E-state index in [2.05, 4.69) is 16.0 Å². The quantitative estimate of drug-likeness (QED) is 0.387. The molecule has 8 heteroatoms. The van der Waals surface area contributed by atoms with E-state index in [0.717, 1.165) is 0 Å². The highest BCUT2D eigenvalue weighted by molar-refractivity contribution is 5.78. The van der Waals surface area contributed by atoms with Crippen molar-refractivity contribution >= 4 is 17.9 Å². The second kappa shape index (κ2) is 7.49. The molecule has 0 aliphatic rings. The van der Waals surface area contributed by atoms with E-state index in [1.165, 1.54) is 14.0 Å². The third kappa shape index (κ3) is 8.34. The van der Waals surface area contributed by atoms with Crippen molar-refractivity contribution in [1.82, 2.24) is 16.0 Å². The summed E-state index contributed by atoms with van der Waals surface area (Å²) in [6, 6.07) is -0.565. The molecule has 0 heterocycles. The molecule has 3 amide bonds. The number of carbonyl (C=O) groups is 3. The fraction of sp³-hybridized carbons (Fsp3) is 0.700. The van der Waals surface area contributed by atoms with Gasteiger partial charge in [-0.2, -0.15) is 0 Å². The first-order chi connectivity index (χ1) is 8.26. The number of nitrogens with one attached hydrogen (secondary N) is 3. The van der Waals surface area contributed by atoms with Crippen LogP contribution in [0.15, 0.2) is 0 Å².